The van der Waals surface area contributed by atoms with E-state index in [4.69, 9.17) is 0 Å². The van der Waals surface area contributed by atoms with Gasteiger partial charge in [-0.2, -0.15) is 0 Å². The van der Waals surface area contributed by atoms with Crippen LogP contribution >= 0.6 is 0 Å². The maximum absolute atomic E-state index is 13.2. The maximum atomic E-state index is 13.2. The predicted molar refractivity (Wildman–Crippen MR) is 93.7 cm³/mol. The standard InChI is InChI=1S/C21H26O/c1-20(2,3)17-13-9-7-11-15(17)19(22)16-12-8-10-14-18(16)21(4,5)6/h7-14H,1-6H3. The van der Waals surface area contributed by atoms with Crippen molar-refractivity contribution in [3.63, 3.8) is 0 Å². The minimum atomic E-state index is -0.0526. The fraction of sp³-hybridized carbons (Fsp3) is 0.381. The summed E-state index contributed by atoms with van der Waals surface area (Å²) in [6.45, 7) is 12.9. The molecule has 0 aliphatic heterocycles. The van der Waals surface area contributed by atoms with Gasteiger partial charge >= 0.3 is 0 Å². The molecule has 0 spiro atoms. The summed E-state index contributed by atoms with van der Waals surface area (Å²) in [5.74, 6) is 0.121. The van der Waals surface area contributed by atoms with Crippen LogP contribution in [0.4, 0.5) is 0 Å². The summed E-state index contributed by atoms with van der Waals surface area (Å²) in [5, 5.41) is 0. The second kappa shape index (κ2) is 5.72. The number of hydrogen-bond donors (Lipinski definition) is 0. The summed E-state index contributed by atoms with van der Waals surface area (Å²) in [6, 6.07) is 15.9. The Labute approximate surface area is 134 Å². The number of ketones is 1. The number of benzene rings is 2. The molecule has 0 aliphatic carbocycles. The largest absolute Gasteiger partial charge is 0.289 e. The summed E-state index contributed by atoms with van der Waals surface area (Å²) >= 11 is 0. The van der Waals surface area contributed by atoms with Crippen LogP contribution in [-0.4, -0.2) is 5.78 Å². The predicted octanol–water partition coefficient (Wildman–Crippen LogP) is 5.51. The lowest BCUT2D eigenvalue weighted by Crippen LogP contribution is -2.21. The van der Waals surface area contributed by atoms with Crippen LogP contribution in [0, 0.1) is 0 Å². The van der Waals surface area contributed by atoms with E-state index in [1.54, 1.807) is 0 Å². The molecule has 116 valence electrons. The molecule has 2 rings (SSSR count). The minimum Gasteiger partial charge on any atom is -0.289 e. The van der Waals surface area contributed by atoms with Gasteiger partial charge in [-0.3, -0.25) is 4.79 Å². The monoisotopic (exact) mass is 294 g/mol. The van der Waals surface area contributed by atoms with Crippen LogP contribution in [0.5, 0.6) is 0 Å². The van der Waals surface area contributed by atoms with Crippen molar-refractivity contribution in [3.05, 3.63) is 70.8 Å². The van der Waals surface area contributed by atoms with E-state index in [0.717, 1.165) is 22.3 Å². The number of hydrogen-bond acceptors (Lipinski definition) is 1. The van der Waals surface area contributed by atoms with Crippen LogP contribution in [-0.2, 0) is 10.8 Å². The highest BCUT2D eigenvalue weighted by molar-refractivity contribution is 6.11. The molecule has 0 heterocycles. The molecular weight excluding hydrogens is 268 g/mol. The van der Waals surface area contributed by atoms with E-state index in [2.05, 4.69) is 53.7 Å². The average molecular weight is 294 g/mol. The lowest BCUT2D eigenvalue weighted by molar-refractivity contribution is 0.103. The van der Waals surface area contributed by atoms with Crippen molar-refractivity contribution in [3.8, 4) is 0 Å². The van der Waals surface area contributed by atoms with Crippen molar-refractivity contribution in [2.45, 2.75) is 52.4 Å². The summed E-state index contributed by atoms with van der Waals surface area (Å²) in [4.78, 5) is 13.2. The Kier molecular flexibility index (Phi) is 4.28. The zero-order valence-electron chi connectivity index (χ0n) is 14.5. The summed E-state index contributed by atoms with van der Waals surface area (Å²) < 4.78 is 0. The van der Waals surface area contributed by atoms with Gasteiger partial charge in [-0.05, 0) is 22.0 Å². The third-order valence-corrected chi connectivity index (χ3v) is 3.96. The molecule has 0 unspecified atom stereocenters. The van der Waals surface area contributed by atoms with Gasteiger partial charge in [-0.15, -0.1) is 0 Å². The van der Waals surface area contributed by atoms with Gasteiger partial charge in [0.1, 0.15) is 0 Å². The van der Waals surface area contributed by atoms with Gasteiger partial charge in [0.05, 0.1) is 0 Å². The van der Waals surface area contributed by atoms with Crippen molar-refractivity contribution < 1.29 is 4.79 Å². The zero-order valence-corrected chi connectivity index (χ0v) is 14.5. The second-order valence-corrected chi connectivity index (χ2v) is 7.92. The number of carbonyl (C=O) groups excluding carboxylic acids is 1. The number of rotatable bonds is 2. The highest BCUT2D eigenvalue weighted by Crippen LogP contribution is 2.31. The Bertz CT molecular complexity index is 622. The smallest absolute Gasteiger partial charge is 0.193 e. The first kappa shape index (κ1) is 16.5. The molecule has 0 saturated heterocycles. The highest BCUT2D eigenvalue weighted by atomic mass is 16.1. The topological polar surface area (TPSA) is 17.1 Å². The van der Waals surface area contributed by atoms with E-state index in [-0.39, 0.29) is 16.6 Å². The SMILES string of the molecule is CC(C)(C)c1ccccc1C(=O)c1ccccc1C(C)(C)C. The molecule has 0 aliphatic rings. The summed E-state index contributed by atoms with van der Waals surface area (Å²) in [7, 11) is 0. The molecule has 2 aromatic rings. The molecule has 0 amide bonds. The third kappa shape index (κ3) is 3.30. The Morgan fingerprint density at radius 1 is 0.636 bits per heavy atom. The molecule has 0 bridgehead atoms. The molecular formula is C21H26O. The molecule has 0 fully saturated rings. The first-order valence-corrected chi connectivity index (χ1v) is 7.86. The molecule has 1 heteroatoms. The van der Waals surface area contributed by atoms with Gasteiger partial charge in [0.25, 0.3) is 0 Å². The lowest BCUT2D eigenvalue weighted by Gasteiger charge is -2.25. The van der Waals surface area contributed by atoms with Crippen LogP contribution in [0.15, 0.2) is 48.5 Å². The zero-order chi connectivity index (χ0) is 16.5. The van der Waals surface area contributed by atoms with Gasteiger partial charge in [-0.1, -0.05) is 90.1 Å². The van der Waals surface area contributed by atoms with Crippen molar-refractivity contribution in [2.75, 3.05) is 0 Å². The van der Waals surface area contributed by atoms with E-state index < -0.39 is 0 Å². The van der Waals surface area contributed by atoms with Crippen LogP contribution < -0.4 is 0 Å². The Morgan fingerprint density at radius 2 is 0.955 bits per heavy atom. The van der Waals surface area contributed by atoms with Crippen LogP contribution in [0.2, 0.25) is 0 Å². The Hall–Kier alpha value is -1.89. The molecule has 2 aromatic carbocycles. The fourth-order valence-electron chi connectivity index (χ4n) is 2.82. The van der Waals surface area contributed by atoms with E-state index in [0.29, 0.717) is 0 Å². The fourth-order valence-corrected chi connectivity index (χ4v) is 2.82. The van der Waals surface area contributed by atoms with Crippen LogP contribution in [0.3, 0.4) is 0 Å². The third-order valence-electron chi connectivity index (χ3n) is 3.96. The van der Waals surface area contributed by atoms with Crippen molar-refractivity contribution in [1.29, 1.82) is 0 Å². The maximum Gasteiger partial charge on any atom is 0.193 e. The molecule has 0 radical (unpaired) electrons. The second-order valence-electron chi connectivity index (χ2n) is 7.92. The Balaban J connectivity index is 2.61. The van der Waals surface area contributed by atoms with E-state index in [9.17, 15) is 4.79 Å². The van der Waals surface area contributed by atoms with E-state index in [1.165, 1.54) is 0 Å². The van der Waals surface area contributed by atoms with Gasteiger partial charge in [-0.25, -0.2) is 0 Å². The van der Waals surface area contributed by atoms with Gasteiger partial charge in [0, 0.05) is 11.1 Å². The number of carbonyl (C=O) groups is 1. The normalized spacial score (nSPS) is 12.3. The molecule has 22 heavy (non-hydrogen) atoms. The molecule has 0 aromatic heterocycles. The van der Waals surface area contributed by atoms with Gasteiger partial charge < -0.3 is 0 Å². The van der Waals surface area contributed by atoms with Crippen molar-refractivity contribution in [1.82, 2.24) is 0 Å². The summed E-state index contributed by atoms with van der Waals surface area (Å²) in [6.07, 6.45) is 0. The molecule has 0 N–H and O–H groups in total. The van der Waals surface area contributed by atoms with Gasteiger partial charge in [0.2, 0.25) is 0 Å². The van der Waals surface area contributed by atoms with E-state index >= 15 is 0 Å². The quantitative estimate of drug-likeness (QED) is 0.667. The highest BCUT2D eigenvalue weighted by Gasteiger charge is 2.26. The first-order valence-electron chi connectivity index (χ1n) is 7.86. The van der Waals surface area contributed by atoms with Crippen LogP contribution in [0.25, 0.3) is 0 Å². The summed E-state index contributed by atoms with van der Waals surface area (Å²) in [5.41, 5.74) is 3.72. The Morgan fingerprint density at radius 3 is 1.27 bits per heavy atom. The molecule has 0 saturated carbocycles. The molecule has 0 atom stereocenters. The minimum absolute atomic E-state index is 0.0526. The van der Waals surface area contributed by atoms with E-state index in [1.807, 2.05) is 36.4 Å². The average Bonchev–Trinajstić information content (AvgIpc) is 2.45. The lowest BCUT2D eigenvalue weighted by atomic mass is 9.78. The first-order chi connectivity index (χ1) is 10.1. The van der Waals surface area contributed by atoms with Gasteiger partial charge in [0.15, 0.2) is 5.78 Å². The van der Waals surface area contributed by atoms with Crippen LogP contribution in [0.1, 0.15) is 68.6 Å². The molecule has 1 nitrogen and oxygen atoms in total. The van der Waals surface area contributed by atoms with Crippen molar-refractivity contribution >= 4 is 5.78 Å². The van der Waals surface area contributed by atoms with Crippen molar-refractivity contribution in [2.24, 2.45) is 0 Å².